The van der Waals surface area contributed by atoms with Gasteiger partial charge in [-0.2, -0.15) is 0 Å². The minimum absolute atomic E-state index is 0.167. The molecule has 0 unspecified atom stereocenters. The fourth-order valence-corrected chi connectivity index (χ4v) is 3.65. The van der Waals surface area contributed by atoms with Gasteiger partial charge in [0.1, 0.15) is 12.1 Å². The Morgan fingerprint density at radius 1 is 1.07 bits per heavy atom. The molecule has 1 aromatic heterocycles. The summed E-state index contributed by atoms with van der Waals surface area (Å²) in [6, 6.07) is 2.41. The van der Waals surface area contributed by atoms with Crippen molar-refractivity contribution in [2.45, 2.75) is 83.3 Å². The molecule has 6 heteroatoms. The number of pyridine rings is 1. The smallest absolute Gasteiger partial charge is 0.248 e. The van der Waals surface area contributed by atoms with Gasteiger partial charge in [0.15, 0.2) is 0 Å². The van der Waals surface area contributed by atoms with Gasteiger partial charge in [-0.25, -0.2) is 0 Å². The van der Waals surface area contributed by atoms with Crippen molar-refractivity contribution in [2.24, 2.45) is 0 Å². The molecule has 2 rings (SSSR count). The lowest BCUT2D eigenvalue weighted by Gasteiger charge is -2.28. The highest BCUT2D eigenvalue weighted by Crippen LogP contribution is 2.20. The van der Waals surface area contributed by atoms with E-state index >= 15 is 0 Å². The lowest BCUT2D eigenvalue weighted by Crippen LogP contribution is -2.51. The van der Waals surface area contributed by atoms with Crippen LogP contribution in [0, 0.1) is 0 Å². The van der Waals surface area contributed by atoms with Gasteiger partial charge in [0.2, 0.25) is 11.8 Å². The summed E-state index contributed by atoms with van der Waals surface area (Å²) in [4.78, 5) is 31.0. The number of aromatic nitrogens is 1. The van der Waals surface area contributed by atoms with E-state index in [-0.39, 0.29) is 11.8 Å². The van der Waals surface area contributed by atoms with Gasteiger partial charge in [0.05, 0.1) is 0 Å². The van der Waals surface area contributed by atoms with Gasteiger partial charge < -0.3 is 15.3 Å². The fourth-order valence-electron chi connectivity index (χ4n) is 3.65. The zero-order chi connectivity index (χ0) is 20.2. The maximum absolute atomic E-state index is 12.9. The molecule has 0 spiro atoms. The van der Waals surface area contributed by atoms with Crippen LogP contribution in [-0.2, 0) is 9.59 Å². The van der Waals surface area contributed by atoms with Gasteiger partial charge in [0.25, 0.3) is 0 Å². The van der Waals surface area contributed by atoms with Crippen molar-refractivity contribution in [1.29, 1.82) is 0 Å². The number of nitrogens with one attached hydrogen (secondary N) is 1. The average Bonchev–Trinajstić information content (AvgIpc) is 3.26. The third kappa shape index (κ3) is 7.23. The van der Waals surface area contributed by atoms with Crippen molar-refractivity contribution in [3.63, 3.8) is 0 Å². The molecule has 28 heavy (non-hydrogen) atoms. The van der Waals surface area contributed by atoms with Crippen LogP contribution in [0.15, 0.2) is 24.5 Å². The molecule has 1 saturated heterocycles. The number of aliphatic hydroxyl groups is 1. The second-order valence-corrected chi connectivity index (χ2v) is 7.67. The fraction of sp³-hybridized carbons (Fsp3) is 0.682. The molecule has 2 N–H and O–H groups in total. The molecule has 156 valence electrons. The van der Waals surface area contributed by atoms with Crippen LogP contribution in [0.3, 0.4) is 0 Å². The first-order chi connectivity index (χ1) is 13.6. The van der Waals surface area contributed by atoms with Crippen LogP contribution in [0.5, 0.6) is 0 Å². The molecule has 0 bridgehead atoms. The quantitative estimate of drug-likeness (QED) is 0.537. The zero-order valence-electron chi connectivity index (χ0n) is 17.1. The third-order valence-corrected chi connectivity index (χ3v) is 5.37. The Labute approximate surface area is 168 Å². The SMILES string of the molecule is CCCCCCCCCC(=O)N[C@@H](C(=O)N1CCCC1)[C@@H](O)c1ccncc1. The number of aliphatic hydroxyl groups excluding tert-OH is 1. The predicted molar refractivity (Wildman–Crippen MR) is 110 cm³/mol. The topological polar surface area (TPSA) is 82.5 Å². The summed E-state index contributed by atoms with van der Waals surface area (Å²) in [6.07, 6.45) is 12.4. The highest BCUT2D eigenvalue weighted by atomic mass is 16.3. The Balaban J connectivity index is 1.88. The molecule has 6 nitrogen and oxygen atoms in total. The Hall–Kier alpha value is -1.95. The highest BCUT2D eigenvalue weighted by Gasteiger charge is 2.33. The van der Waals surface area contributed by atoms with Crippen LogP contribution in [0.2, 0.25) is 0 Å². The van der Waals surface area contributed by atoms with Gasteiger partial charge in [-0.3, -0.25) is 14.6 Å². The Morgan fingerprint density at radius 3 is 2.32 bits per heavy atom. The van der Waals surface area contributed by atoms with Crippen molar-refractivity contribution in [3.8, 4) is 0 Å². The summed E-state index contributed by atoms with van der Waals surface area (Å²) in [6.45, 7) is 3.57. The van der Waals surface area contributed by atoms with E-state index in [0.717, 1.165) is 32.1 Å². The standard InChI is InChI=1S/C22H35N3O3/c1-2-3-4-5-6-7-8-11-19(26)24-20(22(28)25-16-9-10-17-25)21(27)18-12-14-23-15-13-18/h12-15,20-21,27H,2-11,16-17H2,1H3,(H,24,26)/t20-,21+/m1/s1. The number of carbonyl (C=O) groups is 2. The van der Waals surface area contributed by atoms with Crippen molar-refractivity contribution >= 4 is 11.8 Å². The number of hydrogen-bond donors (Lipinski definition) is 2. The third-order valence-electron chi connectivity index (χ3n) is 5.37. The molecule has 2 amide bonds. The summed E-state index contributed by atoms with van der Waals surface area (Å²) < 4.78 is 0. The van der Waals surface area contributed by atoms with Crippen molar-refractivity contribution in [3.05, 3.63) is 30.1 Å². The molecule has 1 fully saturated rings. The zero-order valence-corrected chi connectivity index (χ0v) is 17.1. The maximum atomic E-state index is 12.9. The van der Waals surface area contributed by atoms with E-state index < -0.39 is 12.1 Å². The summed E-state index contributed by atoms with van der Waals surface area (Å²) >= 11 is 0. The number of likely N-dealkylation sites (tertiary alicyclic amines) is 1. The molecule has 2 heterocycles. The number of unbranched alkanes of at least 4 members (excludes halogenated alkanes) is 6. The molecule has 1 aliphatic heterocycles. The number of nitrogens with zero attached hydrogens (tertiary/aromatic N) is 2. The highest BCUT2D eigenvalue weighted by molar-refractivity contribution is 5.88. The summed E-state index contributed by atoms with van der Waals surface area (Å²) in [5.41, 5.74) is 0.587. The Kier molecular flexibility index (Phi) is 9.97. The van der Waals surface area contributed by atoms with Gasteiger partial charge in [-0.05, 0) is 37.0 Å². The second kappa shape index (κ2) is 12.5. The average molecular weight is 390 g/mol. The van der Waals surface area contributed by atoms with Gasteiger partial charge >= 0.3 is 0 Å². The lowest BCUT2D eigenvalue weighted by molar-refractivity contribution is -0.139. The van der Waals surface area contributed by atoms with E-state index in [4.69, 9.17) is 0 Å². The first-order valence-electron chi connectivity index (χ1n) is 10.8. The second-order valence-electron chi connectivity index (χ2n) is 7.67. The van der Waals surface area contributed by atoms with Crippen molar-refractivity contribution < 1.29 is 14.7 Å². The van der Waals surface area contributed by atoms with E-state index in [1.165, 1.54) is 25.7 Å². The van der Waals surface area contributed by atoms with E-state index in [1.54, 1.807) is 29.4 Å². The molecule has 1 aliphatic rings. The summed E-state index contributed by atoms with van der Waals surface area (Å²) in [5.74, 6) is -0.367. The molecular weight excluding hydrogens is 354 g/mol. The van der Waals surface area contributed by atoms with Crippen LogP contribution in [0.4, 0.5) is 0 Å². The van der Waals surface area contributed by atoms with E-state index in [1.807, 2.05) is 0 Å². The largest absolute Gasteiger partial charge is 0.386 e. The van der Waals surface area contributed by atoms with Crippen LogP contribution < -0.4 is 5.32 Å². The van der Waals surface area contributed by atoms with Crippen LogP contribution >= 0.6 is 0 Å². The number of carbonyl (C=O) groups excluding carboxylic acids is 2. The van der Waals surface area contributed by atoms with Crippen molar-refractivity contribution in [1.82, 2.24) is 15.2 Å². The first kappa shape index (κ1) is 22.3. The normalized spacial score (nSPS) is 16.0. The molecular formula is C22H35N3O3. The molecule has 0 radical (unpaired) electrons. The molecule has 1 aromatic rings. The van der Waals surface area contributed by atoms with E-state index in [9.17, 15) is 14.7 Å². The Bertz CT molecular complexity index is 588. The Morgan fingerprint density at radius 2 is 1.68 bits per heavy atom. The van der Waals surface area contributed by atoms with Crippen LogP contribution in [0.25, 0.3) is 0 Å². The molecule has 2 atom stereocenters. The van der Waals surface area contributed by atoms with Crippen molar-refractivity contribution in [2.75, 3.05) is 13.1 Å². The maximum Gasteiger partial charge on any atom is 0.248 e. The van der Waals surface area contributed by atoms with E-state index in [0.29, 0.717) is 25.1 Å². The van der Waals surface area contributed by atoms with Crippen LogP contribution in [0.1, 0.15) is 82.8 Å². The number of amides is 2. The molecule has 0 aromatic carbocycles. The van der Waals surface area contributed by atoms with Gasteiger partial charge in [0, 0.05) is 31.9 Å². The minimum Gasteiger partial charge on any atom is -0.386 e. The molecule has 0 aliphatic carbocycles. The lowest BCUT2D eigenvalue weighted by atomic mass is 10.0. The van der Waals surface area contributed by atoms with E-state index in [2.05, 4.69) is 17.2 Å². The number of hydrogen-bond acceptors (Lipinski definition) is 4. The molecule has 0 saturated carbocycles. The summed E-state index contributed by atoms with van der Waals surface area (Å²) in [5, 5.41) is 13.6. The minimum atomic E-state index is -1.07. The summed E-state index contributed by atoms with van der Waals surface area (Å²) in [7, 11) is 0. The monoisotopic (exact) mass is 389 g/mol. The van der Waals surface area contributed by atoms with Crippen LogP contribution in [-0.4, -0.2) is 45.9 Å². The van der Waals surface area contributed by atoms with Gasteiger partial charge in [-0.15, -0.1) is 0 Å². The predicted octanol–water partition coefficient (Wildman–Crippen LogP) is 3.36. The number of rotatable bonds is 12. The first-order valence-corrected chi connectivity index (χ1v) is 10.8. The van der Waals surface area contributed by atoms with Gasteiger partial charge in [-0.1, -0.05) is 45.4 Å².